The molecule has 0 bridgehead atoms. The van der Waals surface area contributed by atoms with Crippen LogP contribution >= 0.6 is 0 Å². The Morgan fingerprint density at radius 2 is 1.65 bits per heavy atom. The number of rotatable bonds is 2. The molecule has 4 heteroatoms. The topological polar surface area (TPSA) is 52.6 Å². The van der Waals surface area contributed by atoms with E-state index in [2.05, 4.69) is 5.32 Å². The number of hydrogen-bond donors (Lipinski definition) is 2. The van der Waals surface area contributed by atoms with Gasteiger partial charge in [0.1, 0.15) is 0 Å². The van der Waals surface area contributed by atoms with Gasteiger partial charge in [-0.2, -0.15) is 5.06 Å². The molecule has 0 aromatic rings. The summed E-state index contributed by atoms with van der Waals surface area (Å²) in [6, 6.07) is 0.177. The van der Waals surface area contributed by atoms with Gasteiger partial charge >= 0.3 is 0 Å². The van der Waals surface area contributed by atoms with Gasteiger partial charge in [0.15, 0.2) is 0 Å². The Kier molecular flexibility index (Phi) is 2.99. The van der Waals surface area contributed by atoms with Crippen molar-refractivity contribution in [1.29, 1.82) is 0 Å². The van der Waals surface area contributed by atoms with Crippen molar-refractivity contribution < 1.29 is 10.0 Å². The third kappa shape index (κ3) is 2.63. The summed E-state index contributed by atoms with van der Waals surface area (Å²) in [6.45, 7) is 8.07. The highest BCUT2D eigenvalue weighted by molar-refractivity contribution is 5.81. The molecule has 0 aromatic carbocycles. The van der Waals surface area contributed by atoms with E-state index in [0.717, 1.165) is 25.7 Å². The van der Waals surface area contributed by atoms with Gasteiger partial charge < -0.3 is 10.5 Å². The van der Waals surface area contributed by atoms with Gasteiger partial charge in [0, 0.05) is 23.0 Å². The van der Waals surface area contributed by atoms with Crippen molar-refractivity contribution in [3.63, 3.8) is 0 Å². The van der Waals surface area contributed by atoms with E-state index in [9.17, 15) is 10.0 Å². The van der Waals surface area contributed by atoms with E-state index in [1.54, 1.807) is 0 Å². The van der Waals surface area contributed by atoms with Gasteiger partial charge in [-0.05, 0) is 53.4 Å². The SMILES string of the molecule is CC1(C)CC(NC(=O)C2CC2)CC(C)(C)N1O. The molecule has 1 heterocycles. The lowest BCUT2D eigenvalue weighted by molar-refractivity contribution is -0.246. The number of carbonyl (C=O) groups is 1. The first-order valence-corrected chi connectivity index (χ1v) is 6.52. The van der Waals surface area contributed by atoms with Crippen molar-refractivity contribution in [1.82, 2.24) is 10.4 Å². The van der Waals surface area contributed by atoms with Crippen LogP contribution in [-0.4, -0.2) is 33.3 Å². The molecule has 1 aliphatic carbocycles. The third-order valence-corrected chi connectivity index (χ3v) is 3.93. The lowest BCUT2D eigenvalue weighted by Gasteiger charge is -2.51. The lowest BCUT2D eigenvalue weighted by Crippen LogP contribution is -2.63. The minimum Gasteiger partial charge on any atom is -0.353 e. The molecule has 0 spiro atoms. The van der Waals surface area contributed by atoms with Gasteiger partial charge in [-0.1, -0.05) is 0 Å². The highest BCUT2D eigenvalue weighted by atomic mass is 16.5. The average Bonchev–Trinajstić information content (AvgIpc) is 2.95. The number of hydroxylamine groups is 2. The molecule has 1 amide bonds. The molecule has 2 fully saturated rings. The Labute approximate surface area is 103 Å². The minimum atomic E-state index is -0.288. The number of nitrogens with zero attached hydrogens (tertiary/aromatic N) is 1. The predicted molar refractivity (Wildman–Crippen MR) is 65.7 cm³/mol. The fourth-order valence-corrected chi connectivity index (χ4v) is 3.04. The monoisotopic (exact) mass is 240 g/mol. The number of amides is 1. The molecule has 2 N–H and O–H groups in total. The van der Waals surface area contributed by atoms with E-state index in [4.69, 9.17) is 0 Å². The van der Waals surface area contributed by atoms with Gasteiger partial charge in [0.2, 0.25) is 5.91 Å². The van der Waals surface area contributed by atoms with Crippen LogP contribution in [0.25, 0.3) is 0 Å². The number of piperidine rings is 1. The molecule has 0 aromatic heterocycles. The zero-order chi connectivity index (χ0) is 12.8. The molecule has 0 atom stereocenters. The predicted octanol–water partition coefficient (Wildman–Crippen LogP) is 1.92. The maximum Gasteiger partial charge on any atom is 0.223 e. The quantitative estimate of drug-likeness (QED) is 0.775. The Morgan fingerprint density at radius 3 is 2.06 bits per heavy atom. The number of hydrogen-bond acceptors (Lipinski definition) is 3. The van der Waals surface area contributed by atoms with Crippen LogP contribution in [0.4, 0.5) is 0 Å². The van der Waals surface area contributed by atoms with Gasteiger partial charge in [-0.15, -0.1) is 0 Å². The number of carbonyl (C=O) groups excluding carboxylic acids is 1. The van der Waals surface area contributed by atoms with E-state index in [1.807, 2.05) is 27.7 Å². The number of nitrogens with one attached hydrogen (secondary N) is 1. The minimum absolute atomic E-state index is 0.177. The molecule has 1 aliphatic heterocycles. The summed E-state index contributed by atoms with van der Waals surface area (Å²) >= 11 is 0. The Bertz CT molecular complexity index is 303. The van der Waals surface area contributed by atoms with E-state index in [0.29, 0.717) is 0 Å². The molecule has 1 saturated carbocycles. The fraction of sp³-hybridized carbons (Fsp3) is 0.923. The first-order valence-electron chi connectivity index (χ1n) is 6.52. The van der Waals surface area contributed by atoms with Crippen LogP contribution in [0.15, 0.2) is 0 Å². The van der Waals surface area contributed by atoms with Crippen molar-refractivity contribution in [2.24, 2.45) is 5.92 Å². The first-order chi connectivity index (χ1) is 7.72. The molecule has 17 heavy (non-hydrogen) atoms. The zero-order valence-electron chi connectivity index (χ0n) is 11.3. The van der Waals surface area contributed by atoms with Crippen LogP contribution in [0.5, 0.6) is 0 Å². The van der Waals surface area contributed by atoms with Crippen LogP contribution in [0.1, 0.15) is 53.4 Å². The summed E-state index contributed by atoms with van der Waals surface area (Å²) in [6.07, 6.45) is 3.67. The smallest absolute Gasteiger partial charge is 0.223 e. The second kappa shape index (κ2) is 3.95. The summed E-state index contributed by atoms with van der Waals surface area (Å²) in [7, 11) is 0. The van der Waals surface area contributed by atoms with Crippen LogP contribution in [0.2, 0.25) is 0 Å². The molecule has 98 valence electrons. The van der Waals surface area contributed by atoms with Gasteiger partial charge in [0.05, 0.1) is 0 Å². The van der Waals surface area contributed by atoms with Gasteiger partial charge in [-0.3, -0.25) is 4.79 Å². The maximum atomic E-state index is 11.8. The van der Waals surface area contributed by atoms with Gasteiger partial charge in [-0.25, -0.2) is 0 Å². The third-order valence-electron chi connectivity index (χ3n) is 3.93. The summed E-state index contributed by atoms with van der Waals surface area (Å²) in [5.74, 6) is 0.460. The Hall–Kier alpha value is -0.610. The largest absolute Gasteiger partial charge is 0.353 e. The fourth-order valence-electron chi connectivity index (χ4n) is 3.04. The van der Waals surface area contributed by atoms with Crippen molar-refractivity contribution in [3.8, 4) is 0 Å². The van der Waals surface area contributed by atoms with Crippen LogP contribution in [-0.2, 0) is 4.79 Å². The second-order valence-corrected chi connectivity index (χ2v) is 6.82. The molecule has 0 radical (unpaired) electrons. The molecule has 0 unspecified atom stereocenters. The Morgan fingerprint density at radius 1 is 1.18 bits per heavy atom. The molecule has 2 aliphatic rings. The van der Waals surface area contributed by atoms with Crippen molar-refractivity contribution >= 4 is 5.91 Å². The molecule has 1 saturated heterocycles. The average molecular weight is 240 g/mol. The summed E-state index contributed by atoms with van der Waals surface area (Å²) < 4.78 is 0. The zero-order valence-corrected chi connectivity index (χ0v) is 11.3. The molecule has 2 rings (SSSR count). The van der Waals surface area contributed by atoms with Crippen LogP contribution < -0.4 is 5.32 Å². The van der Waals surface area contributed by atoms with Crippen molar-refractivity contribution in [2.75, 3.05) is 0 Å². The van der Waals surface area contributed by atoms with E-state index < -0.39 is 0 Å². The summed E-state index contributed by atoms with van der Waals surface area (Å²) in [5.41, 5.74) is -0.577. The van der Waals surface area contributed by atoms with Crippen LogP contribution in [0.3, 0.4) is 0 Å². The standard InChI is InChI=1S/C13H24N2O2/c1-12(2)7-10(8-13(3,4)15(12)17)14-11(16)9-5-6-9/h9-10,17H,5-8H2,1-4H3,(H,14,16). The highest BCUT2D eigenvalue weighted by Crippen LogP contribution is 2.37. The Balaban J connectivity index is 2.02. The maximum absolute atomic E-state index is 11.8. The second-order valence-electron chi connectivity index (χ2n) is 6.82. The van der Waals surface area contributed by atoms with E-state index in [-0.39, 0.29) is 28.9 Å². The highest BCUT2D eigenvalue weighted by Gasteiger charge is 2.46. The van der Waals surface area contributed by atoms with Crippen molar-refractivity contribution in [3.05, 3.63) is 0 Å². The molecule has 4 nitrogen and oxygen atoms in total. The lowest BCUT2D eigenvalue weighted by atomic mass is 9.79. The molecular weight excluding hydrogens is 216 g/mol. The van der Waals surface area contributed by atoms with E-state index in [1.165, 1.54) is 5.06 Å². The van der Waals surface area contributed by atoms with Crippen molar-refractivity contribution in [2.45, 2.75) is 70.5 Å². The van der Waals surface area contributed by atoms with Crippen LogP contribution in [0, 0.1) is 5.92 Å². The summed E-state index contributed by atoms with van der Waals surface area (Å²) in [4.78, 5) is 11.8. The van der Waals surface area contributed by atoms with E-state index >= 15 is 0 Å². The summed E-state index contributed by atoms with van der Waals surface area (Å²) in [5, 5.41) is 14.7. The van der Waals surface area contributed by atoms with Gasteiger partial charge in [0.25, 0.3) is 0 Å². The first kappa shape index (κ1) is 12.8. The normalized spacial score (nSPS) is 29.0. The molecular formula is C13H24N2O2.